The number of likely N-dealkylation sites (tertiary alicyclic amines) is 1. The Morgan fingerprint density at radius 2 is 1.84 bits per heavy atom. The Morgan fingerprint density at radius 3 is 2.44 bits per heavy atom. The lowest BCUT2D eigenvalue weighted by molar-refractivity contribution is -0.140. The molecule has 0 radical (unpaired) electrons. The molecule has 4 nitrogen and oxygen atoms in total. The fourth-order valence-corrected chi connectivity index (χ4v) is 2.82. The fraction of sp³-hybridized carbons (Fsp3) is 0.333. The van der Waals surface area contributed by atoms with Gasteiger partial charge in [-0.25, -0.2) is 4.98 Å². The average Bonchev–Trinajstić information content (AvgIpc) is 2.48. The van der Waals surface area contributed by atoms with E-state index in [-0.39, 0.29) is 19.0 Å². The number of rotatable bonds is 3. The Balaban J connectivity index is 1.65. The summed E-state index contributed by atoms with van der Waals surface area (Å²) in [5.41, 5.74) is 1.64. The van der Waals surface area contributed by atoms with Crippen LogP contribution in [-0.2, 0) is 6.18 Å². The van der Waals surface area contributed by atoms with Crippen LogP contribution in [0.3, 0.4) is 0 Å². The number of amides is 1. The summed E-state index contributed by atoms with van der Waals surface area (Å²) in [5, 5.41) is 0. The van der Waals surface area contributed by atoms with Gasteiger partial charge in [-0.3, -0.25) is 4.79 Å². The van der Waals surface area contributed by atoms with Crippen LogP contribution in [0.4, 0.5) is 13.2 Å². The lowest BCUT2D eigenvalue weighted by Crippen LogP contribution is -2.56. The highest BCUT2D eigenvalue weighted by molar-refractivity contribution is 5.95. The van der Waals surface area contributed by atoms with E-state index < -0.39 is 23.7 Å². The van der Waals surface area contributed by atoms with Gasteiger partial charge in [-0.2, -0.15) is 13.2 Å². The molecule has 132 valence electrons. The number of hydrogen-bond donors (Lipinski definition) is 0. The van der Waals surface area contributed by atoms with Crippen molar-refractivity contribution >= 4 is 5.91 Å². The summed E-state index contributed by atoms with van der Waals surface area (Å²) in [6, 6.07) is 7.71. The van der Waals surface area contributed by atoms with E-state index in [0.717, 1.165) is 17.2 Å². The number of aromatic nitrogens is 1. The van der Waals surface area contributed by atoms with Crippen molar-refractivity contribution in [3.8, 4) is 5.88 Å². The molecule has 0 saturated carbocycles. The van der Waals surface area contributed by atoms with Gasteiger partial charge < -0.3 is 9.64 Å². The second-order valence-corrected chi connectivity index (χ2v) is 6.18. The molecule has 1 aromatic heterocycles. The molecule has 0 N–H and O–H groups in total. The van der Waals surface area contributed by atoms with Gasteiger partial charge in [0.05, 0.1) is 13.1 Å². The highest BCUT2D eigenvalue weighted by Gasteiger charge is 2.38. The lowest BCUT2D eigenvalue weighted by Gasteiger charge is -2.39. The molecule has 25 heavy (non-hydrogen) atoms. The van der Waals surface area contributed by atoms with E-state index in [1.54, 1.807) is 17.0 Å². The Labute approximate surface area is 143 Å². The van der Waals surface area contributed by atoms with Gasteiger partial charge in [-0.05, 0) is 38.1 Å². The van der Waals surface area contributed by atoms with Crippen molar-refractivity contribution in [2.75, 3.05) is 13.1 Å². The molecule has 1 aliphatic heterocycles. The molecule has 1 saturated heterocycles. The topological polar surface area (TPSA) is 42.4 Å². The largest absolute Gasteiger partial charge is 0.470 e. The van der Waals surface area contributed by atoms with E-state index in [1.807, 2.05) is 19.9 Å². The minimum absolute atomic E-state index is 0.149. The summed E-state index contributed by atoms with van der Waals surface area (Å²) in [4.78, 5) is 17.7. The van der Waals surface area contributed by atoms with Gasteiger partial charge in [0.2, 0.25) is 5.88 Å². The Hall–Kier alpha value is -2.57. The Bertz CT molecular complexity index is 779. The highest BCUT2D eigenvalue weighted by atomic mass is 19.4. The predicted molar refractivity (Wildman–Crippen MR) is 85.5 cm³/mol. The van der Waals surface area contributed by atoms with Crippen LogP contribution in [0, 0.1) is 13.8 Å². The van der Waals surface area contributed by atoms with Gasteiger partial charge in [0.15, 0.2) is 0 Å². The van der Waals surface area contributed by atoms with Gasteiger partial charge in [-0.1, -0.05) is 17.2 Å². The molecule has 0 atom stereocenters. The van der Waals surface area contributed by atoms with E-state index in [0.29, 0.717) is 5.56 Å². The number of pyridine rings is 1. The minimum Gasteiger partial charge on any atom is -0.470 e. The number of hydrogen-bond acceptors (Lipinski definition) is 3. The van der Waals surface area contributed by atoms with Crippen LogP contribution >= 0.6 is 0 Å². The molecule has 3 rings (SSSR count). The van der Waals surface area contributed by atoms with Crippen LogP contribution in [0.15, 0.2) is 36.5 Å². The van der Waals surface area contributed by atoms with Gasteiger partial charge in [-0.15, -0.1) is 0 Å². The number of halogens is 3. The Morgan fingerprint density at radius 1 is 1.20 bits per heavy atom. The summed E-state index contributed by atoms with van der Waals surface area (Å²) < 4.78 is 44.2. The summed E-state index contributed by atoms with van der Waals surface area (Å²) in [5.74, 6) is -0.595. The third-order valence-corrected chi connectivity index (χ3v) is 3.96. The summed E-state index contributed by atoms with van der Waals surface area (Å²) >= 11 is 0. The number of nitrogens with zero attached hydrogens (tertiary/aromatic N) is 2. The van der Waals surface area contributed by atoms with Crippen molar-refractivity contribution in [3.63, 3.8) is 0 Å². The molecule has 0 spiro atoms. The molecule has 0 unspecified atom stereocenters. The SMILES string of the molecule is Cc1cc(C)cc(C(=O)N2CC(Oc3ncccc3C(F)(F)F)C2)c1. The van der Waals surface area contributed by atoms with Crippen molar-refractivity contribution in [1.29, 1.82) is 0 Å². The maximum Gasteiger partial charge on any atom is 0.421 e. The normalized spacial score (nSPS) is 15.0. The monoisotopic (exact) mass is 350 g/mol. The lowest BCUT2D eigenvalue weighted by atomic mass is 10.0. The summed E-state index contributed by atoms with van der Waals surface area (Å²) in [7, 11) is 0. The van der Waals surface area contributed by atoms with E-state index in [1.165, 1.54) is 12.3 Å². The summed E-state index contributed by atoms with van der Waals surface area (Å²) in [6.07, 6.45) is -3.77. The quantitative estimate of drug-likeness (QED) is 0.849. The molecular weight excluding hydrogens is 333 g/mol. The van der Waals surface area contributed by atoms with Crippen molar-refractivity contribution in [1.82, 2.24) is 9.88 Å². The van der Waals surface area contributed by atoms with Crippen LogP contribution in [0.25, 0.3) is 0 Å². The van der Waals surface area contributed by atoms with Crippen LogP contribution in [-0.4, -0.2) is 35.0 Å². The highest BCUT2D eigenvalue weighted by Crippen LogP contribution is 2.35. The van der Waals surface area contributed by atoms with E-state index in [2.05, 4.69) is 4.98 Å². The molecule has 0 aliphatic carbocycles. The maximum absolute atomic E-state index is 12.9. The molecule has 2 aromatic rings. The molecule has 7 heteroatoms. The number of carbonyl (C=O) groups is 1. The minimum atomic E-state index is -4.53. The zero-order chi connectivity index (χ0) is 18.2. The zero-order valence-corrected chi connectivity index (χ0v) is 13.8. The van der Waals surface area contributed by atoms with Crippen LogP contribution < -0.4 is 4.74 Å². The number of alkyl halides is 3. The smallest absolute Gasteiger partial charge is 0.421 e. The molecule has 2 heterocycles. The van der Waals surface area contributed by atoms with Crippen LogP contribution in [0.1, 0.15) is 27.0 Å². The van der Waals surface area contributed by atoms with E-state index in [4.69, 9.17) is 4.74 Å². The zero-order valence-electron chi connectivity index (χ0n) is 13.8. The Kier molecular flexibility index (Phi) is 4.41. The van der Waals surface area contributed by atoms with Gasteiger partial charge in [0.25, 0.3) is 5.91 Å². The molecule has 1 fully saturated rings. The first kappa shape index (κ1) is 17.3. The van der Waals surface area contributed by atoms with E-state index in [9.17, 15) is 18.0 Å². The van der Waals surface area contributed by atoms with Crippen LogP contribution in [0.2, 0.25) is 0 Å². The molecule has 1 aromatic carbocycles. The predicted octanol–water partition coefficient (Wildman–Crippen LogP) is 3.62. The van der Waals surface area contributed by atoms with E-state index >= 15 is 0 Å². The first-order valence-corrected chi connectivity index (χ1v) is 7.80. The van der Waals surface area contributed by atoms with Crippen LogP contribution in [0.5, 0.6) is 5.88 Å². The van der Waals surface area contributed by atoms with Gasteiger partial charge in [0, 0.05) is 11.8 Å². The van der Waals surface area contributed by atoms with Gasteiger partial charge >= 0.3 is 6.18 Å². The fourth-order valence-electron chi connectivity index (χ4n) is 2.82. The van der Waals surface area contributed by atoms with Crippen molar-refractivity contribution in [3.05, 3.63) is 58.8 Å². The third-order valence-electron chi connectivity index (χ3n) is 3.96. The second kappa shape index (κ2) is 6.38. The third kappa shape index (κ3) is 3.75. The van der Waals surface area contributed by atoms with Crippen molar-refractivity contribution in [2.45, 2.75) is 26.1 Å². The standard InChI is InChI=1S/C18H17F3N2O2/c1-11-6-12(2)8-13(7-11)17(24)23-9-14(10-23)25-16-15(18(19,20)21)4-3-5-22-16/h3-8,14H,9-10H2,1-2H3. The first-order chi connectivity index (χ1) is 11.7. The number of aryl methyl sites for hydroxylation is 2. The maximum atomic E-state index is 12.9. The number of carbonyl (C=O) groups excluding carboxylic acids is 1. The first-order valence-electron chi connectivity index (χ1n) is 7.80. The number of benzene rings is 1. The second-order valence-electron chi connectivity index (χ2n) is 6.18. The van der Waals surface area contributed by atoms with Gasteiger partial charge in [0.1, 0.15) is 11.7 Å². The van der Waals surface area contributed by atoms with Crippen molar-refractivity contribution < 1.29 is 22.7 Å². The molecular formula is C18H17F3N2O2. The summed E-state index contributed by atoms with van der Waals surface area (Å²) in [6.45, 7) is 4.29. The average molecular weight is 350 g/mol. The molecule has 1 aliphatic rings. The molecule has 0 bridgehead atoms. The molecule has 1 amide bonds. The number of ether oxygens (including phenoxy) is 1. The van der Waals surface area contributed by atoms with Crippen molar-refractivity contribution in [2.24, 2.45) is 0 Å².